The summed E-state index contributed by atoms with van der Waals surface area (Å²) in [6.07, 6.45) is 6.80. The molecule has 0 unspecified atom stereocenters. The van der Waals surface area contributed by atoms with E-state index in [0.717, 1.165) is 47.8 Å². The van der Waals surface area contributed by atoms with Crippen LogP contribution in [0.3, 0.4) is 0 Å². The molecule has 0 amide bonds. The highest BCUT2D eigenvalue weighted by molar-refractivity contribution is 6.74. The molecule has 0 bridgehead atoms. The molecular formula is C47H82O10Si3. The van der Waals surface area contributed by atoms with Gasteiger partial charge in [0.05, 0.1) is 20.3 Å². The maximum Gasteiger partial charge on any atom is 0.344 e. The normalized spacial score (nSPS) is 23.1. The van der Waals surface area contributed by atoms with Gasteiger partial charge in [0.2, 0.25) is 11.2 Å². The molecule has 2 aliphatic carbocycles. The van der Waals surface area contributed by atoms with Crippen LogP contribution < -0.4 is 0 Å². The molecule has 0 N–H and O–H groups in total. The van der Waals surface area contributed by atoms with Crippen molar-refractivity contribution in [3.63, 3.8) is 0 Å². The Bertz CT molecular complexity index is 1670. The maximum atomic E-state index is 13.4. The Labute approximate surface area is 367 Å². The van der Waals surface area contributed by atoms with Crippen molar-refractivity contribution in [2.75, 3.05) is 14.2 Å². The number of ketones is 2. The van der Waals surface area contributed by atoms with Gasteiger partial charge in [-0.05, 0) is 140 Å². The van der Waals surface area contributed by atoms with E-state index < -0.39 is 59.9 Å². The SMILES string of the molecule is C=C(C[C@@H](C)C(=O)[C@](C)(O[Si](C)(C)C)C(=O)OC)[C@@H]1CC=C(C)[C@H](O[Si](C)(C)C(C)(C)C)C1.C=C(C[C@@H](C)C(=O)[C@](C)(O[Si](C)(C)C)C(=O)OC)[C@@H]1C[C@@H](C)C(C)=C1C=O. The molecule has 0 saturated carbocycles. The van der Waals surface area contributed by atoms with Gasteiger partial charge in [-0.15, -0.1) is 0 Å². The number of ether oxygens (including phenoxy) is 2. The van der Waals surface area contributed by atoms with E-state index in [0.29, 0.717) is 18.8 Å². The standard InChI is InChI=1S/C26H48O5Si2.C21H34O5Si/c1-18-14-15-21(17-22(18)30-33(12,13)25(4,5)6)19(2)16-20(3)23(27)26(7,24(28)29-8)31-32(9,10)11;1-13-11-17(18(12-22)16(13)4)14(2)10-15(3)19(23)21(5,20(24)25-6)26-27(7,8)9/h14,20-22H,2,15-17H2,1,3-13H3;12-13,15,17H,2,10-11H2,1,3-9H3/t20-,21-,22-,26+;13-,15-,17+,21+/m11/s1. The third-order valence-electron chi connectivity index (χ3n) is 12.5. The number of carbonyl (C=O) groups is 5. The van der Waals surface area contributed by atoms with E-state index in [1.54, 1.807) is 13.8 Å². The number of rotatable bonds is 19. The Kier molecular flexibility index (Phi) is 19.6. The van der Waals surface area contributed by atoms with Crippen molar-refractivity contribution in [2.45, 2.75) is 176 Å². The molecule has 0 heterocycles. The Morgan fingerprint density at radius 2 is 1.18 bits per heavy atom. The topological polar surface area (TPSA) is 132 Å². The van der Waals surface area contributed by atoms with Crippen LogP contribution in [0.25, 0.3) is 0 Å². The number of Topliss-reactive ketones (excluding diaryl/α,β-unsaturated/α-hetero) is 2. The summed E-state index contributed by atoms with van der Waals surface area (Å²) in [5.74, 6) is -2.18. The van der Waals surface area contributed by atoms with Crippen LogP contribution in [0.1, 0.15) is 101 Å². The fraction of sp³-hybridized carbons (Fsp3) is 0.723. The summed E-state index contributed by atoms with van der Waals surface area (Å²) in [5, 5.41) is 0.146. The summed E-state index contributed by atoms with van der Waals surface area (Å²) >= 11 is 0. The summed E-state index contributed by atoms with van der Waals surface area (Å²) in [7, 11) is -3.70. The highest BCUT2D eigenvalue weighted by Crippen LogP contribution is 2.43. The van der Waals surface area contributed by atoms with Crippen molar-refractivity contribution in [3.8, 4) is 0 Å². The van der Waals surface area contributed by atoms with Gasteiger partial charge in [0.1, 0.15) is 6.29 Å². The first-order chi connectivity index (χ1) is 27.0. The summed E-state index contributed by atoms with van der Waals surface area (Å²) in [6.45, 7) is 44.4. The molecule has 0 fully saturated rings. The molecule has 0 aromatic carbocycles. The van der Waals surface area contributed by atoms with Crippen LogP contribution in [0.5, 0.6) is 0 Å². The van der Waals surface area contributed by atoms with Crippen molar-refractivity contribution in [2.24, 2.45) is 29.6 Å². The van der Waals surface area contributed by atoms with Gasteiger partial charge in [-0.2, -0.15) is 0 Å². The average Bonchev–Trinajstić information content (AvgIpc) is 3.41. The zero-order chi connectivity index (χ0) is 47.1. The summed E-state index contributed by atoms with van der Waals surface area (Å²) in [5.41, 5.74) is 1.83. The molecule has 10 nitrogen and oxygen atoms in total. The molecule has 0 spiro atoms. The van der Waals surface area contributed by atoms with Gasteiger partial charge in [0.25, 0.3) is 0 Å². The molecule has 0 radical (unpaired) electrons. The number of hydrogen-bond acceptors (Lipinski definition) is 10. The van der Waals surface area contributed by atoms with E-state index in [2.05, 4.69) is 66.9 Å². The minimum absolute atomic E-state index is 0.0324. The van der Waals surface area contributed by atoms with Gasteiger partial charge in [-0.25, -0.2) is 9.59 Å². The van der Waals surface area contributed by atoms with E-state index in [4.69, 9.17) is 22.8 Å². The van der Waals surface area contributed by atoms with Gasteiger partial charge in [0, 0.05) is 17.8 Å². The van der Waals surface area contributed by atoms with Crippen LogP contribution in [0, 0.1) is 29.6 Å². The average molecular weight is 891 g/mol. The lowest BCUT2D eigenvalue weighted by atomic mass is 9.79. The van der Waals surface area contributed by atoms with Crippen LogP contribution in [-0.2, 0) is 46.7 Å². The zero-order valence-electron chi connectivity index (χ0n) is 41.2. The minimum atomic E-state index is -2.18. The Balaban J connectivity index is 0.000000612. The molecule has 0 saturated heterocycles. The predicted octanol–water partition coefficient (Wildman–Crippen LogP) is 10.8. The van der Waals surface area contributed by atoms with Crippen molar-refractivity contribution in [1.82, 2.24) is 0 Å². The highest BCUT2D eigenvalue weighted by Gasteiger charge is 2.50. The first kappa shape index (κ1) is 55.5. The Morgan fingerprint density at radius 1 is 0.767 bits per heavy atom. The largest absolute Gasteiger partial charge is 0.467 e. The van der Waals surface area contributed by atoms with E-state index >= 15 is 0 Å². The molecule has 0 aromatic rings. The molecule has 342 valence electrons. The van der Waals surface area contributed by atoms with Crippen LogP contribution in [0.4, 0.5) is 0 Å². The van der Waals surface area contributed by atoms with Gasteiger partial charge in [-0.3, -0.25) is 14.4 Å². The Hall–Kier alpha value is -2.56. The smallest absolute Gasteiger partial charge is 0.344 e. The summed E-state index contributed by atoms with van der Waals surface area (Å²) in [6, 6.07) is 0. The second kappa shape index (κ2) is 21.2. The molecule has 2 rings (SSSR count). The molecule has 8 atom stereocenters. The highest BCUT2D eigenvalue weighted by atomic mass is 28.4. The second-order valence-electron chi connectivity index (χ2n) is 21.2. The number of methoxy groups -OCH3 is 2. The van der Waals surface area contributed by atoms with Crippen LogP contribution in [-0.4, -0.2) is 86.3 Å². The number of carbonyl (C=O) groups excluding carboxylic acids is 5. The molecule has 13 heteroatoms. The lowest BCUT2D eigenvalue weighted by Gasteiger charge is -2.42. The summed E-state index contributed by atoms with van der Waals surface area (Å²) < 4.78 is 28.6. The number of aldehydes is 1. The van der Waals surface area contributed by atoms with E-state index in [-0.39, 0.29) is 34.5 Å². The van der Waals surface area contributed by atoms with Crippen molar-refractivity contribution in [3.05, 3.63) is 47.1 Å². The minimum Gasteiger partial charge on any atom is -0.467 e. The third-order valence-corrected chi connectivity index (χ3v) is 19.0. The summed E-state index contributed by atoms with van der Waals surface area (Å²) in [4.78, 5) is 63.0. The van der Waals surface area contributed by atoms with Crippen LogP contribution in [0.2, 0.25) is 57.4 Å². The fourth-order valence-electron chi connectivity index (χ4n) is 8.01. The van der Waals surface area contributed by atoms with Crippen molar-refractivity contribution in [1.29, 1.82) is 0 Å². The van der Waals surface area contributed by atoms with E-state index in [1.807, 2.05) is 53.1 Å². The van der Waals surface area contributed by atoms with Gasteiger partial charge >= 0.3 is 11.9 Å². The fourth-order valence-corrected chi connectivity index (χ4v) is 12.2. The predicted molar refractivity (Wildman–Crippen MR) is 250 cm³/mol. The Morgan fingerprint density at radius 3 is 1.55 bits per heavy atom. The van der Waals surface area contributed by atoms with Crippen LogP contribution >= 0.6 is 0 Å². The molecule has 0 aliphatic heterocycles. The van der Waals surface area contributed by atoms with Crippen molar-refractivity contribution >= 4 is 54.7 Å². The first-order valence-electron chi connectivity index (χ1n) is 21.5. The molecule has 60 heavy (non-hydrogen) atoms. The molecule has 0 aromatic heterocycles. The van der Waals surface area contributed by atoms with E-state index in [9.17, 15) is 24.0 Å². The quantitative estimate of drug-likeness (QED) is 0.0406. The number of allylic oxidation sites excluding steroid dienone is 5. The number of esters is 2. The van der Waals surface area contributed by atoms with E-state index in [1.165, 1.54) is 26.7 Å². The maximum absolute atomic E-state index is 13.4. The van der Waals surface area contributed by atoms with Gasteiger partial charge < -0.3 is 22.8 Å². The number of hydrogen-bond donors (Lipinski definition) is 0. The van der Waals surface area contributed by atoms with Crippen molar-refractivity contribution < 1.29 is 46.7 Å². The monoisotopic (exact) mass is 891 g/mol. The second-order valence-corrected chi connectivity index (χ2v) is 34.8. The molecular weight excluding hydrogens is 809 g/mol. The van der Waals surface area contributed by atoms with Gasteiger partial charge in [0.15, 0.2) is 36.5 Å². The lowest BCUT2D eigenvalue weighted by molar-refractivity contribution is -0.166. The van der Waals surface area contributed by atoms with Crippen LogP contribution in [0.15, 0.2) is 47.1 Å². The third kappa shape index (κ3) is 14.5. The molecule has 2 aliphatic rings. The lowest BCUT2D eigenvalue weighted by Crippen LogP contribution is -2.54. The zero-order valence-corrected chi connectivity index (χ0v) is 44.2. The first-order valence-corrected chi connectivity index (χ1v) is 31.3. The van der Waals surface area contributed by atoms with Gasteiger partial charge in [-0.1, -0.05) is 77.5 Å².